The number of aromatic nitrogens is 1. The van der Waals surface area contributed by atoms with E-state index in [2.05, 4.69) is 52.8 Å². The third kappa shape index (κ3) is 4.90. The summed E-state index contributed by atoms with van der Waals surface area (Å²) in [4.78, 5) is 3.28. The first-order chi connectivity index (χ1) is 14.7. The first-order valence-electron chi connectivity index (χ1n) is 10.1. The summed E-state index contributed by atoms with van der Waals surface area (Å²) in [6.45, 7) is 5.46. The van der Waals surface area contributed by atoms with Crippen molar-refractivity contribution in [2.24, 2.45) is 0 Å². The predicted molar refractivity (Wildman–Crippen MR) is 128 cm³/mol. The Labute approximate surface area is 192 Å². The zero-order chi connectivity index (χ0) is 22.2. The van der Waals surface area contributed by atoms with Gasteiger partial charge in [0.05, 0.1) is 16.5 Å². The van der Waals surface area contributed by atoms with E-state index in [0.717, 1.165) is 44.3 Å². The largest absolute Gasteiger partial charge is 0.335 e. The molecule has 2 heterocycles. The zero-order valence-corrected chi connectivity index (χ0v) is 19.8. The normalized spacial score (nSPS) is 15.1. The van der Waals surface area contributed by atoms with Crippen molar-refractivity contribution >= 4 is 56.1 Å². The van der Waals surface area contributed by atoms with Crippen LogP contribution in [-0.2, 0) is 16.7 Å². The summed E-state index contributed by atoms with van der Waals surface area (Å²) >= 11 is 7.84. The van der Waals surface area contributed by atoms with Crippen LogP contribution < -0.4 is 9.47 Å². The molecule has 0 atom stereocenters. The molecule has 5 nitrogen and oxygen atoms in total. The van der Waals surface area contributed by atoms with Crippen LogP contribution in [0.5, 0.6) is 0 Å². The van der Waals surface area contributed by atoms with E-state index < -0.39 is 10.1 Å². The molecule has 0 amide bonds. The van der Waals surface area contributed by atoms with Crippen molar-refractivity contribution in [1.29, 1.82) is 0 Å². The first kappa shape index (κ1) is 22.1. The van der Waals surface area contributed by atoms with Gasteiger partial charge in [0.1, 0.15) is 6.54 Å². The van der Waals surface area contributed by atoms with Crippen LogP contribution in [0.4, 0.5) is 5.69 Å². The van der Waals surface area contributed by atoms with Crippen LogP contribution in [0.25, 0.3) is 17.0 Å². The van der Waals surface area contributed by atoms with E-state index >= 15 is 0 Å². The van der Waals surface area contributed by atoms with Gasteiger partial charge in [0, 0.05) is 40.1 Å². The van der Waals surface area contributed by atoms with Gasteiger partial charge in [-0.15, -0.1) is 0 Å². The molecule has 4 rings (SSSR count). The van der Waals surface area contributed by atoms with Gasteiger partial charge >= 0.3 is 0 Å². The molecule has 0 bridgehead atoms. The molecule has 2 aromatic carbocycles. The maximum absolute atomic E-state index is 11.2. The molecular formula is C23H24ClN2O3S2+. The van der Waals surface area contributed by atoms with Crippen molar-refractivity contribution in [2.45, 2.75) is 31.7 Å². The summed E-state index contributed by atoms with van der Waals surface area (Å²) in [6, 6.07) is 16.3. The van der Waals surface area contributed by atoms with Gasteiger partial charge in [0.2, 0.25) is 11.2 Å². The second-order valence-corrected chi connectivity index (χ2v) is 10.6. The molecule has 0 aliphatic carbocycles. The average molecular weight is 476 g/mol. The monoisotopic (exact) mass is 475 g/mol. The van der Waals surface area contributed by atoms with Crippen LogP contribution in [0, 0.1) is 6.92 Å². The fourth-order valence-electron chi connectivity index (χ4n) is 3.87. The number of nitrogens with zero attached hydrogens (tertiary/aromatic N) is 2. The van der Waals surface area contributed by atoms with Gasteiger partial charge in [-0.1, -0.05) is 29.4 Å². The maximum Gasteiger partial charge on any atom is 0.264 e. The summed E-state index contributed by atoms with van der Waals surface area (Å²) in [6.07, 6.45) is 2.49. The highest BCUT2D eigenvalue weighted by molar-refractivity contribution is 8.03. The van der Waals surface area contributed by atoms with E-state index in [1.54, 1.807) is 11.8 Å². The summed E-state index contributed by atoms with van der Waals surface area (Å²) < 4.78 is 33.8. The van der Waals surface area contributed by atoms with Crippen molar-refractivity contribution in [3.63, 3.8) is 0 Å². The number of hydrogen-bond donors (Lipinski definition) is 1. The summed E-state index contributed by atoms with van der Waals surface area (Å²) in [7, 11) is -3.98. The van der Waals surface area contributed by atoms with Crippen LogP contribution in [0.1, 0.15) is 24.6 Å². The van der Waals surface area contributed by atoms with Gasteiger partial charge in [-0.2, -0.15) is 13.0 Å². The lowest BCUT2D eigenvalue weighted by atomic mass is 10.1. The number of anilines is 1. The van der Waals surface area contributed by atoms with E-state index in [0.29, 0.717) is 18.0 Å². The van der Waals surface area contributed by atoms with Gasteiger partial charge < -0.3 is 4.90 Å². The topological polar surface area (TPSA) is 61.5 Å². The minimum absolute atomic E-state index is 0.256. The van der Waals surface area contributed by atoms with Crippen molar-refractivity contribution in [3.8, 4) is 0 Å². The Bertz CT molecular complexity index is 1290. The van der Waals surface area contributed by atoms with Crippen LogP contribution in [0.2, 0.25) is 5.02 Å². The molecule has 0 saturated heterocycles. The van der Waals surface area contributed by atoms with Gasteiger partial charge in [-0.05, 0) is 56.2 Å². The minimum atomic E-state index is -3.98. The van der Waals surface area contributed by atoms with Crippen molar-refractivity contribution in [3.05, 3.63) is 69.8 Å². The summed E-state index contributed by atoms with van der Waals surface area (Å²) in [5.74, 6) is -0.256. The van der Waals surface area contributed by atoms with E-state index in [1.807, 2.05) is 25.1 Å². The second kappa shape index (κ2) is 8.82. The molecule has 31 heavy (non-hydrogen) atoms. The van der Waals surface area contributed by atoms with Gasteiger partial charge in [0.25, 0.3) is 10.1 Å². The van der Waals surface area contributed by atoms with Gasteiger partial charge in [0.15, 0.2) is 0 Å². The fraction of sp³-hybridized carbons (Fsp3) is 0.261. The van der Waals surface area contributed by atoms with E-state index in [4.69, 9.17) is 16.2 Å². The van der Waals surface area contributed by atoms with Crippen LogP contribution >= 0.6 is 23.4 Å². The molecule has 1 aromatic heterocycles. The number of benzene rings is 2. The molecule has 0 spiro atoms. The molecule has 1 aliphatic heterocycles. The third-order valence-electron chi connectivity index (χ3n) is 5.28. The Morgan fingerprint density at radius 1 is 1.16 bits per heavy atom. The highest BCUT2D eigenvalue weighted by atomic mass is 35.5. The zero-order valence-electron chi connectivity index (χ0n) is 17.4. The molecule has 1 aliphatic rings. The number of rotatable bonds is 6. The molecule has 0 saturated carbocycles. The Hall–Kier alpha value is -2.06. The second-order valence-electron chi connectivity index (χ2n) is 7.55. The lowest BCUT2D eigenvalue weighted by molar-refractivity contribution is -0.669. The Morgan fingerprint density at radius 3 is 2.71 bits per heavy atom. The number of hydrogen-bond acceptors (Lipinski definition) is 4. The highest BCUT2D eigenvalue weighted by Crippen LogP contribution is 2.47. The standard InChI is InChI=1S/C23H23ClN2O3S2/c1-3-25-19(8-6-17-14-18(24)7-9-20(17)25)15-23-26(11-4-12-31(27,28)29)21-13-16(2)5-10-22(21)30-23/h5-10,13-15H,3-4,11-12H2,1-2H3/p+1. The van der Waals surface area contributed by atoms with E-state index in [1.165, 1.54) is 0 Å². The SMILES string of the molecule is CC[n+]1c(/C=C2\Sc3ccc(C)cc3N2CCCS(=O)(=O)O)ccc2cc(Cl)ccc21. The predicted octanol–water partition coefficient (Wildman–Crippen LogP) is 5.30. The lowest BCUT2D eigenvalue weighted by Gasteiger charge is -2.20. The number of thioether (sulfide) groups is 1. The Morgan fingerprint density at radius 2 is 1.97 bits per heavy atom. The van der Waals surface area contributed by atoms with Crippen molar-refractivity contribution < 1.29 is 17.5 Å². The summed E-state index contributed by atoms with van der Waals surface area (Å²) in [5, 5.41) is 2.83. The summed E-state index contributed by atoms with van der Waals surface area (Å²) in [5.41, 5.74) is 4.38. The molecule has 8 heteroatoms. The van der Waals surface area contributed by atoms with Crippen LogP contribution in [0.15, 0.2) is 58.5 Å². The van der Waals surface area contributed by atoms with Crippen molar-refractivity contribution in [2.75, 3.05) is 17.2 Å². The third-order valence-corrected chi connectivity index (χ3v) is 7.44. The smallest absolute Gasteiger partial charge is 0.264 e. The van der Waals surface area contributed by atoms with E-state index in [9.17, 15) is 8.42 Å². The van der Waals surface area contributed by atoms with Gasteiger partial charge in [-0.3, -0.25) is 4.55 Å². The van der Waals surface area contributed by atoms with Crippen LogP contribution in [-0.4, -0.2) is 25.3 Å². The van der Waals surface area contributed by atoms with E-state index in [-0.39, 0.29) is 5.75 Å². The maximum atomic E-state index is 11.2. The molecule has 3 aromatic rings. The minimum Gasteiger partial charge on any atom is -0.335 e. The van der Waals surface area contributed by atoms with Crippen molar-refractivity contribution in [1.82, 2.24) is 0 Å². The number of aryl methyl sites for hydroxylation is 2. The number of pyridine rings is 1. The molecule has 162 valence electrons. The molecule has 1 N–H and O–H groups in total. The molecule has 0 unspecified atom stereocenters. The number of halogens is 1. The molecule has 0 radical (unpaired) electrons. The average Bonchev–Trinajstić information content (AvgIpc) is 3.03. The highest BCUT2D eigenvalue weighted by Gasteiger charge is 2.27. The Balaban J connectivity index is 1.75. The molecular weight excluding hydrogens is 452 g/mol. The number of fused-ring (bicyclic) bond motifs is 2. The van der Waals surface area contributed by atoms with Gasteiger partial charge in [-0.25, -0.2) is 0 Å². The van der Waals surface area contributed by atoms with Crippen LogP contribution in [0.3, 0.4) is 0 Å². The Kier molecular flexibility index (Phi) is 6.30. The lowest BCUT2D eigenvalue weighted by Crippen LogP contribution is -2.37. The molecule has 0 fully saturated rings. The fourth-order valence-corrected chi connectivity index (χ4v) is 5.66. The quantitative estimate of drug-likeness (QED) is 0.387. The first-order valence-corrected chi connectivity index (χ1v) is 12.9.